The van der Waals surface area contributed by atoms with Crippen molar-refractivity contribution in [2.75, 3.05) is 23.9 Å². The maximum absolute atomic E-state index is 12.3. The van der Waals surface area contributed by atoms with Gasteiger partial charge in [0.1, 0.15) is 0 Å². The van der Waals surface area contributed by atoms with Crippen LogP contribution in [0.1, 0.15) is 19.4 Å². The zero-order chi connectivity index (χ0) is 18.2. The minimum Gasteiger partial charge on any atom is -0.396 e. The number of para-hydroxylation sites is 2. The predicted molar refractivity (Wildman–Crippen MR) is 103 cm³/mol. The minimum atomic E-state index is -0.270. The van der Waals surface area contributed by atoms with E-state index in [0.29, 0.717) is 0 Å². The Morgan fingerprint density at radius 1 is 1.08 bits per heavy atom. The van der Waals surface area contributed by atoms with Gasteiger partial charge >= 0.3 is 6.03 Å². The first kappa shape index (κ1) is 18.8. The summed E-state index contributed by atoms with van der Waals surface area (Å²) in [5.41, 5.74) is 2.90. The van der Waals surface area contributed by atoms with E-state index in [4.69, 9.17) is 0 Å². The average Bonchev–Trinajstić information content (AvgIpc) is 2.62. The molecule has 5 heteroatoms. The number of hydrogen-bond donors (Lipinski definition) is 3. The van der Waals surface area contributed by atoms with Crippen molar-refractivity contribution < 1.29 is 9.90 Å². The van der Waals surface area contributed by atoms with Gasteiger partial charge in [0.25, 0.3) is 0 Å². The first-order chi connectivity index (χ1) is 12.0. The predicted octanol–water partition coefficient (Wildman–Crippen LogP) is 3.46. The minimum absolute atomic E-state index is 0.00162. The summed E-state index contributed by atoms with van der Waals surface area (Å²) in [4.78, 5) is 14.4. The van der Waals surface area contributed by atoms with Crippen molar-refractivity contribution in [1.29, 1.82) is 0 Å². The van der Waals surface area contributed by atoms with E-state index in [-0.39, 0.29) is 24.6 Å². The number of hydrogen-bond acceptors (Lipinski definition) is 3. The van der Waals surface area contributed by atoms with Crippen LogP contribution in [-0.2, 0) is 6.54 Å². The van der Waals surface area contributed by atoms with Crippen molar-refractivity contribution >= 4 is 17.4 Å². The molecular weight excluding hydrogens is 314 g/mol. The van der Waals surface area contributed by atoms with Crippen molar-refractivity contribution in [3.63, 3.8) is 0 Å². The zero-order valence-electron chi connectivity index (χ0n) is 15.1. The Hall–Kier alpha value is -2.53. The lowest BCUT2D eigenvalue weighted by molar-refractivity contribution is 0.204. The standard InChI is InChI=1S/C20H27N3O2/c1-15(14-24)16(2)21-20(25)22-18-11-7-8-12-19(18)23(3)13-17-9-5-4-6-10-17/h4-12,15-16,24H,13-14H2,1-3H3,(H2,21,22,25). The molecule has 0 heterocycles. The van der Waals surface area contributed by atoms with E-state index in [1.165, 1.54) is 5.56 Å². The van der Waals surface area contributed by atoms with Crippen LogP contribution in [0.5, 0.6) is 0 Å². The second-order valence-corrected chi connectivity index (χ2v) is 6.41. The SMILES string of the molecule is CC(CO)C(C)NC(=O)Nc1ccccc1N(C)Cc1ccccc1. The number of benzene rings is 2. The third-order valence-corrected chi connectivity index (χ3v) is 4.33. The molecule has 5 nitrogen and oxygen atoms in total. The van der Waals surface area contributed by atoms with Crippen LogP contribution in [-0.4, -0.2) is 30.8 Å². The number of rotatable bonds is 7. The summed E-state index contributed by atoms with van der Waals surface area (Å²) < 4.78 is 0. The molecule has 2 rings (SSSR count). The fraction of sp³-hybridized carbons (Fsp3) is 0.350. The topological polar surface area (TPSA) is 64.6 Å². The Kier molecular flexibility index (Phi) is 6.83. The van der Waals surface area contributed by atoms with Gasteiger partial charge in [-0.3, -0.25) is 0 Å². The van der Waals surface area contributed by atoms with Crippen LogP contribution in [0.25, 0.3) is 0 Å². The number of urea groups is 1. The van der Waals surface area contributed by atoms with Crippen LogP contribution >= 0.6 is 0 Å². The highest BCUT2D eigenvalue weighted by Gasteiger charge is 2.15. The Morgan fingerprint density at radius 3 is 2.40 bits per heavy atom. The van der Waals surface area contributed by atoms with Crippen LogP contribution in [0.15, 0.2) is 54.6 Å². The third kappa shape index (κ3) is 5.50. The fourth-order valence-electron chi connectivity index (χ4n) is 2.52. The van der Waals surface area contributed by atoms with Crippen LogP contribution in [0.3, 0.4) is 0 Å². The molecule has 0 aliphatic rings. The number of carbonyl (C=O) groups excluding carboxylic acids is 1. The van der Waals surface area contributed by atoms with Gasteiger partial charge in [-0.2, -0.15) is 0 Å². The Morgan fingerprint density at radius 2 is 1.72 bits per heavy atom. The summed E-state index contributed by atoms with van der Waals surface area (Å²) >= 11 is 0. The molecule has 0 saturated carbocycles. The highest BCUT2D eigenvalue weighted by molar-refractivity contribution is 5.93. The van der Waals surface area contributed by atoms with Gasteiger partial charge in [-0.25, -0.2) is 4.79 Å². The summed E-state index contributed by atoms with van der Waals surface area (Å²) in [6.45, 7) is 4.57. The number of aliphatic hydroxyl groups excluding tert-OH is 1. The lowest BCUT2D eigenvalue weighted by Crippen LogP contribution is -2.41. The smallest absolute Gasteiger partial charge is 0.319 e. The zero-order valence-corrected chi connectivity index (χ0v) is 15.1. The average molecular weight is 341 g/mol. The van der Waals surface area contributed by atoms with Crippen molar-refractivity contribution in [3.8, 4) is 0 Å². The summed E-state index contributed by atoms with van der Waals surface area (Å²) in [6, 6.07) is 17.5. The number of nitrogens with one attached hydrogen (secondary N) is 2. The van der Waals surface area contributed by atoms with E-state index in [0.717, 1.165) is 17.9 Å². The number of aliphatic hydroxyl groups is 1. The second-order valence-electron chi connectivity index (χ2n) is 6.41. The van der Waals surface area contributed by atoms with Crippen molar-refractivity contribution in [2.45, 2.75) is 26.4 Å². The molecule has 0 aliphatic heterocycles. The lowest BCUT2D eigenvalue weighted by Gasteiger charge is -2.24. The van der Waals surface area contributed by atoms with Gasteiger partial charge in [0.15, 0.2) is 0 Å². The molecule has 2 atom stereocenters. The molecule has 0 bridgehead atoms. The largest absolute Gasteiger partial charge is 0.396 e. The fourth-order valence-corrected chi connectivity index (χ4v) is 2.52. The maximum Gasteiger partial charge on any atom is 0.319 e. The van der Waals surface area contributed by atoms with Crippen LogP contribution < -0.4 is 15.5 Å². The molecule has 0 aromatic heterocycles. The van der Waals surface area contributed by atoms with Crippen molar-refractivity contribution in [3.05, 3.63) is 60.2 Å². The van der Waals surface area contributed by atoms with E-state index < -0.39 is 0 Å². The molecule has 0 aliphatic carbocycles. The van der Waals surface area contributed by atoms with E-state index in [1.54, 1.807) is 0 Å². The number of nitrogens with zero attached hydrogens (tertiary/aromatic N) is 1. The van der Waals surface area contributed by atoms with Gasteiger partial charge in [-0.05, 0) is 30.5 Å². The summed E-state index contributed by atoms with van der Waals surface area (Å²) in [7, 11) is 2.00. The van der Waals surface area contributed by atoms with Gasteiger partial charge in [0.2, 0.25) is 0 Å². The Balaban J connectivity index is 2.05. The number of anilines is 2. The first-order valence-electron chi connectivity index (χ1n) is 8.53. The number of carbonyl (C=O) groups is 1. The Labute approximate surface area is 149 Å². The van der Waals surface area contributed by atoms with Crippen molar-refractivity contribution in [2.24, 2.45) is 5.92 Å². The molecule has 2 unspecified atom stereocenters. The number of amides is 2. The maximum atomic E-state index is 12.3. The summed E-state index contributed by atoms with van der Waals surface area (Å²) in [6.07, 6.45) is 0. The molecule has 0 fully saturated rings. The Bertz CT molecular complexity index is 676. The highest BCUT2D eigenvalue weighted by atomic mass is 16.3. The second kappa shape index (κ2) is 9.08. The van der Waals surface area contributed by atoms with Crippen LogP contribution in [0.2, 0.25) is 0 Å². The van der Waals surface area contributed by atoms with E-state index >= 15 is 0 Å². The van der Waals surface area contributed by atoms with Gasteiger partial charge < -0.3 is 20.6 Å². The normalized spacial score (nSPS) is 13.0. The molecule has 2 aromatic carbocycles. The molecular formula is C20H27N3O2. The molecule has 2 aromatic rings. The molecule has 2 amide bonds. The third-order valence-electron chi connectivity index (χ3n) is 4.33. The molecule has 0 spiro atoms. The summed E-state index contributed by atoms with van der Waals surface area (Å²) in [5, 5.41) is 15.0. The van der Waals surface area contributed by atoms with Crippen molar-refractivity contribution in [1.82, 2.24) is 5.32 Å². The lowest BCUT2D eigenvalue weighted by atomic mass is 10.1. The monoisotopic (exact) mass is 341 g/mol. The molecule has 0 radical (unpaired) electrons. The van der Waals surface area contributed by atoms with E-state index in [9.17, 15) is 9.90 Å². The molecule has 0 saturated heterocycles. The molecule has 3 N–H and O–H groups in total. The summed E-state index contributed by atoms with van der Waals surface area (Å²) in [5.74, 6) is 0.00162. The van der Waals surface area contributed by atoms with E-state index in [2.05, 4.69) is 27.7 Å². The molecule has 134 valence electrons. The molecule has 25 heavy (non-hydrogen) atoms. The van der Waals surface area contributed by atoms with Crippen LogP contribution in [0.4, 0.5) is 16.2 Å². The van der Waals surface area contributed by atoms with E-state index in [1.807, 2.05) is 63.4 Å². The van der Waals surface area contributed by atoms with Gasteiger partial charge in [0.05, 0.1) is 11.4 Å². The van der Waals surface area contributed by atoms with Gasteiger partial charge in [-0.15, -0.1) is 0 Å². The highest BCUT2D eigenvalue weighted by Crippen LogP contribution is 2.25. The van der Waals surface area contributed by atoms with Gasteiger partial charge in [0, 0.05) is 26.2 Å². The quantitative estimate of drug-likeness (QED) is 0.722. The van der Waals surface area contributed by atoms with Gasteiger partial charge in [-0.1, -0.05) is 49.4 Å². The van der Waals surface area contributed by atoms with Crippen LogP contribution in [0, 0.1) is 5.92 Å². The first-order valence-corrected chi connectivity index (χ1v) is 8.53.